The van der Waals surface area contributed by atoms with Crippen molar-refractivity contribution in [1.29, 1.82) is 0 Å². The van der Waals surface area contributed by atoms with E-state index in [0.717, 1.165) is 19.6 Å². The predicted octanol–water partition coefficient (Wildman–Crippen LogP) is -0.155. The van der Waals surface area contributed by atoms with Crippen LogP contribution in [0.3, 0.4) is 0 Å². The first kappa shape index (κ1) is 14.6. The van der Waals surface area contributed by atoms with Crippen LogP contribution in [0.5, 0.6) is 0 Å². The van der Waals surface area contributed by atoms with Gasteiger partial charge in [-0.1, -0.05) is 6.92 Å². The molecule has 0 saturated heterocycles. The molecular formula is C7H21NO3Si. The van der Waals surface area contributed by atoms with Crippen LogP contribution in [0.15, 0.2) is 0 Å². The van der Waals surface area contributed by atoms with Crippen LogP contribution in [0.25, 0.3) is 0 Å². The molecule has 5 heteroatoms. The molecule has 0 spiro atoms. The zero-order valence-electron chi connectivity index (χ0n) is 8.41. The van der Waals surface area contributed by atoms with Crippen LogP contribution in [-0.2, 0) is 8.85 Å². The summed E-state index contributed by atoms with van der Waals surface area (Å²) in [4.78, 5) is 0. The maximum atomic E-state index is 7.00. The molecule has 0 aliphatic carbocycles. The lowest BCUT2D eigenvalue weighted by Crippen LogP contribution is -2.30. The molecule has 0 aromatic rings. The van der Waals surface area contributed by atoms with Gasteiger partial charge in [-0.15, -0.1) is 0 Å². The molecule has 12 heavy (non-hydrogen) atoms. The average molecular weight is 195 g/mol. The Morgan fingerprint density at radius 2 is 1.75 bits per heavy atom. The van der Waals surface area contributed by atoms with Crippen molar-refractivity contribution in [1.82, 2.24) is 0 Å². The van der Waals surface area contributed by atoms with Gasteiger partial charge in [0.1, 0.15) is 0 Å². The zero-order chi connectivity index (χ0) is 9.98. The molecule has 1 atom stereocenters. The fourth-order valence-corrected chi connectivity index (χ4v) is 2.11. The van der Waals surface area contributed by atoms with E-state index in [1.165, 1.54) is 0 Å². The Hall–Kier alpha value is 0.0569. The van der Waals surface area contributed by atoms with Crippen molar-refractivity contribution in [2.24, 2.45) is 5.73 Å². The SMILES string of the molecule is CCC(N)C[SiH](OC)OC.CO. The number of hydrogen-bond acceptors (Lipinski definition) is 4. The molecule has 0 rings (SSSR count). The summed E-state index contributed by atoms with van der Waals surface area (Å²) in [6.45, 7) is 2.07. The Bertz CT molecular complexity index is 81.1. The molecular weight excluding hydrogens is 174 g/mol. The maximum absolute atomic E-state index is 7.00. The van der Waals surface area contributed by atoms with Gasteiger partial charge in [0.2, 0.25) is 0 Å². The van der Waals surface area contributed by atoms with Crippen LogP contribution in [-0.4, -0.2) is 41.8 Å². The smallest absolute Gasteiger partial charge is 0.322 e. The first-order valence-corrected chi connectivity index (χ1v) is 5.76. The van der Waals surface area contributed by atoms with E-state index in [4.69, 9.17) is 19.7 Å². The summed E-state index contributed by atoms with van der Waals surface area (Å²) in [5.41, 5.74) is 5.70. The van der Waals surface area contributed by atoms with E-state index in [1.54, 1.807) is 14.2 Å². The van der Waals surface area contributed by atoms with Gasteiger partial charge in [0.25, 0.3) is 0 Å². The van der Waals surface area contributed by atoms with Crippen LogP contribution in [0.4, 0.5) is 0 Å². The molecule has 0 bridgehead atoms. The van der Waals surface area contributed by atoms with Gasteiger partial charge < -0.3 is 19.7 Å². The minimum atomic E-state index is -1.39. The van der Waals surface area contributed by atoms with Crippen molar-refractivity contribution in [2.75, 3.05) is 21.3 Å². The molecule has 0 saturated carbocycles. The van der Waals surface area contributed by atoms with E-state index in [1.807, 2.05) is 0 Å². The number of aliphatic hydroxyl groups excluding tert-OH is 1. The summed E-state index contributed by atoms with van der Waals surface area (Å²) in [7, 11) is 2.97. The fourth-order valence-electron chi connectivity index (χ4n) is 0.703. The van der Waals surface area contributed by atoms with Gasteiger partial charge in [0.15, 0.2) is 0 Å². The second-order valence-corrected chi connectivity index (χ2v) is 4.58. The maximum Gasteiger partial charge on any atom is 0.322 e. The highest BCUT2D eigenvalue weighted by molar-refractivity contribution is 6.44. The highest BCUT2D eigenvalue weighted by Gasteiger charge is 2.12. The van der Waals surface area contributed by atoms with Gasteiger partial charge in [0.05, 0.1) is 0 Å². The second kappa shape index (κ2) is 11.1. The van der Waals surface area contributed by atoms with Gasteiger partial charge in [0, 0.05) is 33.4 Å². The summed E-state index contributed by atoms with van der Waals surface area (Å²) in [6, 6.07) is 1.15. The average Bonchev–Trinajstić information content (AvgIpc) is 2.16. The third kappa shape index (κ3) is 8.16. The zero-order valence-corrected chi connectivity index (χ0v) is 9.56. The van der Waals surface area contributed by atoms with E-state index >= 15 is 0 Å². The molecule has 0 aromatic heterocycles. The number of hydrogen-bond donors (Lipinski definition) is 2. The first-order valence-electron chi connectivity index (χ1n) is 4.00. The van der Waals surface area contributed by atoms with Crippen LogP contribution >= 0.6 is 0 Å². The number of rotatable bonds is 5. The standard InChI is InChI=1S/C6H17NO2Si.CH4O/c1-4-6(7)5-10(8-2)9-3;1-2/h6,10H,4-5,7H2,1-3H3;2H,1H3. The van der Waals surface area contributed by atoms with Gasteiger partial charge in [-0.2, -0.15) is 0 Å². The van der Waals surface area contributed by atoms with E-state index in [2.05, 4.69) is 6.92 Å². The van der Waals surface area contributed by atoms with Gasteiger partial charge >= 0.3 is 9.28 Å². The van der Waals surface area contributed by atoms with Gasteiger partial charge in [-0.25, -0.2) is 0 Å². The Balaban J connectivity index is 0. The van der Waals surface area contributed by atoms with Crippen LogP contribution in [0.2, 0.25) is 6.04 Å². The Labute approximate surface area is 76.5 Å². The highest BCUT2D eigenvalue weighted by Crippen LogP contribution is 2.00. The van der Waals surface area contributed by atoms with Crippen molar-refractivity contribution in [3.8, 4) is 0 Å². The molecule has 0 aliphatic heterocycles. The third-order valence-corrected chi connectivity index (χ3v) is 3.59. The summed E-state index contributed by atoms with van der Waals surface area (Å²) in [6.07, 6.45) is 0.996. The summed E-state index contributed by atoms with van der Waals surface area (Å²) < 4.78 is 10.2. The fraction of sp³-hybridized carbons (Fsp3) is 1.00. The molecule has 0 radical (unpaired) electrons. The lowest BCUT2D eigenvalue weighted by atomic mass is 10.3. The van der Waals surface area contributed by atoms with E-state index < -0.39 is 9.28 Å². The minimum absolute atomic E-state index is 0.247. The quantitative estimate of drug-likeness (QED) is 0.599. The van der Waals surface area contributed by atoms with E-state index in [-0.39, 0.29) is 6.04 Å². The topological polar surface area (TPSA) is 64.7 Å². The Morgan fingerprint density at radius 1 is 1.33 bits per heavy atom. The predicted molar refractivity (Wildman–Crippen MR) is 52.4 cm³/mol. The van der Waals surface area contributed by atoms with Crippen molar-refractivity contribution in [3.63, 3.8) is 0 Å². The normalized spacial score (nSPS) is 12.2. The molecule has 0 aliphatic rings. The van der Waals surface area contributed by atoms with Crippen molar-refractivity contribution in [3.05, 3.63) is 0 Å². The van der Waals surface area contributed by atoms with Crippen LogP contribution in [0.1, 0.15) is 13.3 Å². The Morgan fingerprint density at radius 3 is 2.00 bits per heavy atom. The molecule has 76 valence electrons. The van der Waals surface area contributed by atoms with Gasteiger partial charge in [-0.05, 0) is 6.42 Å². The largest absolute Gasteiger partial charge is 0.400 e. The molecule has 0 heterocycles. The van der Waals surface area contributed by atoms with Crippen molar-refractivity contribution >= 4 is 9.28 Å². The molecule has 4 nitrogen and oxygen atoms in total. The monoisotopic (exact) mass is 195 g/mol. The second-order valence-electron chi connectivity index (χ2n) is 2.30. The molecule has 0 aromatic carbocycles. The summed E-state index contributed by atoms with van der Waals surface area (Å²) >= 11 is 0. The van der Waals surface area contributed by atoms with Crippen molar-refractivity contribution < 1.29 is 14.0 Å². The number of aliphatic hydroxyl groups is 1. The summed E-state index contributed by atoms with van der Waals surface area (Å²) in [5.74, 6) is 0. The third-order valence-electron chi connectivity index (χ3n) is 1.55. The lowest BCUT2D eigenvalue weighted by molar-refractivity contribution is 0.274. The van der Waals surface area contributed by atoms with Crippen LogP contribution in [0, 0.1) is 0 Å². The Kier molecular flexibility index (Phi) is 13.4. The van der Waals surface area contributed by atoms with Crippen molar-refractivity contribution in [2.45, 2.75) is 25.4 Å². The first-order chi connectivity index (χ1) is 5.74. The molecule has 0 amide bonds. The minimum Gasteiger partial charge on any atom is -0.400 e. The van der Waals surface area contributed by atoms with E-state index in [9.17, 15) is 0 Å². The van der Waals surface area contributed by atoms with Gasteiger partial charge in [-0.3, -0.25) is 0 Å². The number of nitrogens with two attached hydrogens (primary N) is 1. The molecule has 0 fully saturated rings. The summed E-state index contributed by atoms with van der Waals surface area (Å²) in [5, 5.41) is 7.00. The molecule has 3 N–H and O–H groups in total. The highest BCUT2D eigenvalue weighted by atomic mass is 28.3. The molecule has 1 unspecified atom stereocenters. The van der Waals surface area contributed by atoms with Crippen LogP contribution < -0.4 is 5.73 Å². The lowest BCUT2D eigenvalue weighted by Gasteiger charge is -2.14. The van der Waals surface area contributed by atoms with E-state index in [0.29, 0.717) is 0 Å².